The highest BCUT2D eigenvalue weighted by atomic mass is 32.2. The molecule has 9 nitrogen and oxygen atoms in total. The van der Waals surface area contributed by atoms with Gasteiger partial charge < -0.3 is 14.8 Å². The van der Waals surface area contributed by atoms with E-state index in [1.54, 1.807) is 6.07 Å². The van der Waals surface area contributed by atoms with Gasteiger partial charge in [0.2, 0.25) is 15.9 Å². The quantitative estimate of drug-likeness (QED) is 0.678. The molecule has 1 heterocycles. The number of carbonyl (C=O) groups excluding carboxylic acids is 3. The molecule has 10 heteroatoms. The van der Waals surface area contributed by atoms with Crippen LogP contribution in [0.5, 0.6) is 0 Å². The second-order valence-corrected chi connectivity index (χ2v) is 7.78. The molecule has 1 aromatic carbocycles. The number of nitrogens with zero attached hydrogens (tertiary/aromatic N) is 1. The Balaban J connectivity index is 2.24. The van der Waals surface area contributed by atoms with Crippen molar-refractivity contribution in [2.45, 2.75) is 36.6 Å². The van der Waals surface area contributed by atoms with Crippen LogP contribution in [0.15, 0.2) is 29.2 Å². The summed E-state index contributed by atoms with van der Waals surface area (Å²) in [6.45, 7) is 0.187. The molecule has 1 aliphatic rings. The van der Waals surface area contributed by atoms with Crippen molar-refractivity contribution in [1.29, 1.82) is 0 Å². The summed E-state index contributed by atoms with van der Waals surface area (Å²) in [5.74, 6) is -1.67. The van der Waals surface area contributed by atoms with E-state index in [1.165, 1.54) is 32.4 Å². The number of benzene rings is 1. The minimum atomic E-state index is -4.03. The van der Waals surface area contributed by atoms with E-state index in [4.69, 9.17) is 4.74 Å². The lowest BCUT2D eigenvalue weighted by Crippen LogP contribution is -2.41. The van der Waals surface area contributed by atoms with E-state index in [9.17, 15) is 22.8 Å². The Hall–Kier alpha value is -2.46. The van der Waals surface area contributed by atoms with Gasteiger partial charge in [-0.1, -0.05) is 12.1 Å². The van der Waals surface area contributed by atoms with Crippen LogP contribution in [0.4, 0.5) is 5.69 Å². The fourth-order valence-corrected chi connectivity index (χ4v) is 4.65. The molecule has 148 valence electrons. The Labute approximate surface area is 157 Å². The molecule has 1 N–H and O–H groups in total. The maximum atomic E-state index is 13.1. The highest BCUT2D eigenvalue weighted by Crippen LogP contribution is 2.30. The average molecular weight is 398 g/mol. The molecular formula is C17H22N2O7S. The summed E-state index contributed by atoms with van der Waals surface area (Å²) in [6.07, 6.45) is 0.648. The van der Waals surface area contributed by atoms with Crippen molar-refractivity contribution in [1.82, 2.24) is 4.31 Å². The van der Waals surface area contributed by atoms with Crippen molar-refractivity contribution in [2.75, 3.05) is 26.1 Å². The van der Waals surface area contributed by atoms with Crippen LogP contribution in [-0.2, 0) is 33.9 Å². The zero-order valence-electron chi connectivity index (χ0n) is 15.1. The molecule has 0 spiro atoms. The van der Waals surface area contributed by atoms with E-state index >= 15 is 0 Å². The first kappa shape index (κ1) is 20.8. The van der Waals surface area contributed by atoms with Gasteiger partial charge in [-0.3, -0.25) is 14.4 Å². The molecule has 0 radical (unpaired) electrons. The lowest BCUT2D eigenvalue weighted by molar-refractivity contribution is -0.144. The Morgan fingerprint density at radius 1 is 1.15 bits per heavy atom. The minimum Gasteiger partial charge on any atom is -0.469 e. The highest BCUT2D eigenvalue weighted by molar-refractivity contribution is 7.89. The molecule has 1 fully saturated rings. The van der Waals surface area contributed by atoms with Crippen LogP contribution in [0.2, 0.25) is 0 Å². The lowest BCUT2D eigenvalue weighted by Gasteiger charge is -2.23. The van der Waals surface area contributed by atoms with Gasteiger partial charge in [0.25, 0.3) is 0 Å². The van der Waals surface area contributed by atoms with Crippen molar-refractivity contribution in [3.05, 3.63) is 24.3 Å². The Kier molecular flexibility index (Phi) is 6.92. The van der Waals surface area contributed by atoms with Crippen molar-refractivity contribution in [3.63, 3.8) is 0 Å². The molecule has 0 bridgehead atoms. The SMILES string of the molecule is COC(=O)CCC(=O)Nc1ccccc1S(=O)(=O)N1CCCC1C(=O)OC. The molecule has 1 saturated heterocycles. The van der Waals surface area contributed by atoms with Gasteiger partial charge in [0, 0.05) is 13.0 Å². The molecule has 1 aliphatic heterocycles. The van der Waals surface area contributed by atoms with Crippen molar-refractivity contribution in [3.8, 4) is 0 Å². The molecule has 0 aliphatic carbocycles. The first-order valence-electron chi connectivity index (χ1n) is 8.36. The van der Waals surface area contributed by atoms with Gasteiger partial charge in [0.15, 0.2) is 0 Å². The van der Waals surface area contributed by atoms with E-state index < -0.39 is 33.9 Å². The van der Waals surface area contributed by atoms with E-state index in [1.807, 2.05) is 0 Å². The van der Waals surface area contributed by atoms with Gasteiger partial charge >= 0.3 is 11.9 Å². The maximum absolute atomic E-state index is 13.1. The van der Waals surface area contributed by atoms with Crippen LogP contribution >= 0.6 is 0 Å². The lowest BCUT2D eigenvalue weighted by atomic mass is 10.2. The van der Waals surface area contributed by atoms with Crippen molar-refractivity contribution >= 4 is 33.6 Å². The summed E-state index contributed by atoms with van der Waals surface area (Å²) in [6, 6.07) is 5.03. The monoisotopic (exact) mass is 398 g/mol. The molecule has 27 heavy (non-hydrogen) atoms. The topological polar surface area (TPSA) is 119 Å². The second kappa shape index (κ2) is 8.96. The standard InChI is InChI=1S/C17H22N2O7S/c1-25-16(21)10-9-15(20)18-12-6-3-4-8-14(12)27(23,24)19-11-5-7-13(19)17(22)26-2/h3-4,6,8,13H,5,7,9-11H2,1-2H3,(H,18,20). The molecule has 0 saturated carbocycles. The highest BCUT2D eigenvalue weighted by Gasteiger charge is 2.41. The predicted molar refractivity (Wildman–Crippen MR) is 95.3 cm³/mol. The number of hydrogen-bond donors (Lipinski definition) is 1. The summed E-state index contributed by atoms with van der Waals surface area (Å²) in [5, 5.41) is 2.51. The smallest absolute Gasteiger partial charge is 0.324 e. The Bertz CT molecular complexity index is 822. The van der Waals surface area contributed by atoms with E-state index in [0.29, 0.717) is 12.8 Å². The number of ether oxygens (including phenoxy) is 2. The van der Waals surface area contributed by atoms with E-state index in [0.717, 1.165) is 4.31 Å². The number of para-hydroxylation sites is 1. The van der Waals surface area contributed by atoms with Gasteiger partial charge in [-0.05, 0) is 25.0 Å². The summed E-state index contributed by atoms with van der Waals surface area (Å²) in [4.78, 5) is 35.0. The number of methoxy groups -OCH3 is 2. The van der Waals surface area contributed by atoms with Crippen LogP contribution in [0.1, 0.15) is 25.7 Å². The zero-order chi connectivity index (χ0) is 20.0. The third-order valence-corrected chi connectivity index (χ3v) is 6.17. The Morgan fingerprint density at radius 2 is 1.85 bits per heavy atom. The largest absolute Gasteiger partial charge is 0.469 e. The summed E-state index contributed by atoms with van der Waals surface area (Å²) < 4.78 is 36.4. The fourth-order valence-electron chi connectivity index (χ4n) is 2.85. The summed E-state index contributed by atoms with van der Waals surface area (Å²) in [5.41, 5.74) is 0.0860. The molecular weight excluding hydrogens is 376 g/mol. The molecule has 1 unspecified atom stereocenters. The average Bonchev–Trinajstić information content (AvgIpc) is 3.16. The number of carbonyl (C=O) groups is 3. The van der Waals surface area contributed by atoms with E-state index in [2.05, 4.69) is 10.1 Å². The second-order valence-electron chi connectivity index (χ2n) is 5.92. The Morgan fingerprint density at radius 3 is 2.52 bits per heavy atom. The maximum Gasteiger partial charge on any atom is 0.324 e. The van der Waals surface area contributed by atoms with Crippen molar-refractivity contribution in [2.24, 2.45) is 0 Å². The van der Waals surface area contributed by atoms with Crippen LogP contribution in [0.3, 0.4) is 0 Å². The third kappa shape index (κ3) is 4.83. The molecule has 1 amide bonds. The normalized spacial score (nSPS) is 17.3. The number of nitrogens with one attached hydrogen (secondary N) is 1. The third-order valence-electron chi connectivity index (χ3n) is 4.21. The van der Waals surface area contributed by atoms with E-state index in [-0.39, 0.29) is 30.0 Å². The number of hydrogen-bond acceptors (Lipinski definition) is 7. The van der Waals surface area contributed by atoms with Crippen LogP contribution in [-0.4, -0.2) is 57.4 Å². The number of esters is 2. The summed E-state index contributed by atoms with van der Waals surface area (Å²) >= 11 is 0. The van der Waals surface area contributed by atoms with Gasteiger partial charge in [0.05, 0.1) is 26.3 Å². The van der Waals surface area contributed by atoms with Crippen LogP contribution in [0.25, 0.3) is 0 Å². The van der Waals surface area contributed by atoms with Crippen LogP contribution in [0, 0.1) is 0 Å². The molecule has 1 atom stereocenters. The van der Waals surface area contributed by atoms with Gasteiger partial charge in [-0.2, -0.15) is 4.31 Å². The first-order valence-corrected chi connectivity index (χ1v) is 9.80. The minimum absolute atomic E-state index is 0.0860. The zero-order valence-corrected chi connectivity index (χ0v) is 16.0. The number of amides is 1. The number of rotatable bonds is 7. The number of sulfonamides is 1. The predicted octanol–water partition coefficient (Wildman–Crippen LogP) is 0.904. The molecule has 2 rings (SSSR count). The molecule has 0 aromatic heterocycles. The first-order chi connectivity index (χ1) is 12.8. The number of anilines is 1. The van der Waals surface area contributed by atoms with Crippen LogP contribution < -0.4 is 5.32 Å². The molecule has 1 aromatic rings. The fraction of sp³-hybridized carbons (Fsp3) is 0.471. The van der Waals surface area contributed by atoms with Crippen molar-refractivity contribution < 1.29 is 32.3 Å². The van der Waals surface area contributed by atoms with Gasteiger partial charge in [-0.25, -0.2) is 8.42 Å². The van der Waals surface area contributed by atoms with Gasteiger partial charge in [0.1, 0.15) is 10.9 Å². The summed E-state index contributed by atoms with van der Waals surface area (Å²) in [7, 11) is -1.60. The van der Waals surface area contributed by atoms with Gasteiger partial charge in [-0.15, -0.1) is 0 Å².